The van der Waals surface area contributed by atoms with Crippen LogP contribution in [0, 0.1) is 0 Å². The normalized spacial score (nSPS) is 10.3. The molecular formula is C17H25ClN2O2. The maximum absolute atomic E-state index is 5.62. The van der Waals surface area contributed by atoms with Crippen molar-refractivity contribution in [1.29, 1.82) is 0 Å². The molecule has 0 bridgehead atoms. The molecule has 0 radical (unpaired) electrons. The third kappa shape index (κ3) is 5.04. The summed E-state index contributed by atoms with van der Waals surface area (Å²) in [6.45, 7) is 3.15. The number of unbranched alkanes of at least 4 members (excludes halogenated alkanes) is 3. The molecule has 2 rings (SSSR count). The molecule has 0 saturated heterocycles. The number of aromatic nitrogens is 1. The molecule has 1 aromatic carbocycles. The van der Waals surface area contributed by atoms with Crippen molar-refractivity contribution in [2.24, 2.45) is 5.73 Å². The third-order valence-electron chi connectivity index (χ3n) is 3.43. The van der Waals surface area contributed by atoms with E-state index < -0.39 is 0 Å². The first-order valence-electron chi connectivity index (χ1n) is 7.73. The fraction of sp³-hybridized carbons (Fsp3) is 0.471. The van der Waals surface area contributed by atoms with Crippen LogP contribution in [0.15, 0.2) is 34.9 Å². The van der Waals surface area contributed by atoms with Crippen LogP contribution in [0.4, 0.5) is 0 Å². The van der Waals surface area contributed by atoms with Crippen LogP contribution in [0.25, 0.3) is 11.3 Å². The second-order valence-corrected chi connectivity index (χ2v) is 5.11. The van der Waals surface area contributed by atoms with E-state index in [-0.39, 0.29) is 12.4 Å². The Morgan fingerprint density at radius 2 is 1.91 bits per heavy atom. The highest BCUT2D eigenvalue weighted by Crippen LogP contribution is 2.32. The minimum absolute atomic E-state index is 0. The minimum atomic E-state index is 0. The zero-order valence-corrected chi connectivity index (χ0v) is 13.9. The van der Waals surface area contributed by atoms with Gasteiger partial charge in [-0.3, -0.25) is 0 Å². The molecule has 0 amide bonds. The van der Waals surface area contributed by atoms with Gasteiger partial charge in [0.1, 0.15) is 6.61 Å². The first-order chi connectivity index (χ1) is 10.4. The van der Waals surface area contributed by atoms with Crippen molar-refractivity contribution in [1.82, 2.24) is 5.16 Å². The minimum Gasteiger partial charge on any atom is -0.474 e. The van der Waals surface area contributed by atoms with Crippen molar-refractivity contribution in [3.63, 3.8) is 0 Å². The van der Waals surface area contributed by atoms with Gasteiger partial charge in [-0.2, -0.15) is 0 Å². The zero-order chi connectivity index (χ0) is 14.9. The van der Waals surface area contributed by atoms with Gasteiger partial charge in [0.25, 0.3) is 5.88 Å². The van der Waals surface area contributed by atoms with Gasteiger partial charge < -0.3 is 15.0 Å². The lowest BCUT2D eigenvalue weighted by Gasteiger charge is -2.05. The lowest BCUT2D eigenvalue weighted by molar-refractivity contribution is 0.287. The lowest BCUT2D eigenvalue weighted by Crippen LogP contribution is -2.11. The van der Waals surface area contributed by atoms with Gasteiger partial charge in [-0.05, 0) is 18.0 Å². The number of hydrogen-bond acceptors (Lipinski definition) is 4. The van der Waals surface area contributed by atoms with Gasteiger partial charge in [-0.1, -0.05) is 56.5 Å². The molecule has 0 unspecified atom stereocenters. The van der Waals surface area contributed by atoms with E-state index in [1.807, 2.05) is 30.3 Å². The van der Waals surface area contributed by atoms with Crippen molar-refractivity contribution in [3.8, 4) is 17.2 Å². The van der Waals surface area contributed by atoms with Crippen LogP contribution >= 0.6 is 12.4 Å². The fourth-order valence-electron chi connectivity index (χ4n) is 2.33. The molecule has 4 nitrogen and oxygen atoms in total. The maximum Gasteiger partial charge on any atom is 0.258 e. The van der Waals surface area contributed by atoms with Gasteiger partial charge in [0.2, 0.25) is 0 Å². The molecule has 5 heteroatoms. The smallest absolute Gasteiger partial charge is 0.258 e. The second-order valence-electron chi connectivity index (χ2n) is 5.11. The van der Waals surface area contributed by atoms with E-state index in [2.05, 4.69) is 12.1 Å². The summed E-state index contributed by atoms with van der Waals surface area (Å²) in [7, 11) is 0. The van der Waals surface area contributed by atoms with E-state index in [1.54, 1.807) is 0 Å². The highest BCUT2D eigenvalue weighted by Gasteiger charge is 2.18. The molecule has 22 heavy (non-hydrogen) atoms. The molecule has 1 aromatic heterocycles. The number of nitrogens with zero attached hydrogens (tertiary/aromatic N) is 1. The van der Waals surface area contributed by atoms with Gasteiger partial charge in [0.05, 0.1) is 5.56 Å². The van der Waals surface area contributed by atoms with Crippen molar-refractivity contribution in [3.05, 3.63) is 35.9 Å². The number of hydrogen-bond donors (Lipinski definition) is 1. The SMILES string of the molecule is CCCCCCc1c(OCCN)noc1-c1ccccc1.Cl. The molecule has 0 spiro atoms. The van der Waals surface area contributed by atoms with Gasteiger partial charge >= 0.3 is 0 Å². The highest BCUT2D eigenvalue weighted by atomic mass is 35.5. The van der Waals surface area contributed by atoms with Gasteiger partial charge in [-0.25, -0.2) is 0 Å². The Morgan fingerprint density at radius 3 is 2.59 bits per heavy atom. The third-order valence-corrected chi connectivity index (χ3v) is 3.43. The Hall–Kier alpha value is -1.52. The van der Waals surface area contributed by atoms with E-state index in [0.717, 1.165) is 29.7 Å². The molecular weight excluding hydrogens is 300 g/mol. The molecule has 0 fully saturated rings. The van der Waals surface area contributed by atoms with Crippen LogP contribution in [0.1, 0.15) is 38.2 Å². The van der Waals surface area contributed by atoms with Crippen molar-refractivity contribution < 1.29 is 9.26 Å². The first-order valence-corrected chi connectivity index (χ1v) is 7.73. The van der Waals surface area contributed by atoms with Crippen LogP contribution in [0.3, 0.4) is 0 Å². The summed E-state index contributed by atoms with van der Waals surface area (Å²) in [5, 5.41) is 4.08. The van der Waals surface area contributed by atoms with Gasteiger partial charge in [0.15, 0.2) is 5.76 Å². The van der Waals surface area contributed by atoms with Crippen LogP contribution < -0.4 is 10.5 Å². The fourth-order valence-corrected chi connectivity index (χ4v) is 2.33. The average Bonchev–Trinajstić information content (AvgIpc) is 2.93. The molecule has 2 aromatic rings. The lowest BCUT2D eigenvalue weighted by atomic mass is 10.0. The van der Waals surface area contributed by atoms with Crippen LogP contribution in [0.5, 0.6) is 5.88 Å². The number of nitrogens with two attached hydrogens (primary N) is 1. The number of benzene rings is 1. The van der Waals surface area contributed by atoms with Gasteiger partial charge in [-0.15, -0.1) is 12.4 Å². The van der Waals surface area contributed by atoms with Crippen LogP contribution in [-0.4, -0.2) is 18.3 Å². The summed E-state index contributed by atoms with van der Waals surface area (Å²) < 4.78 is 11.1. The van der Waals surface area contributed by atoms with Crippen LogP contribution in [0.2, 0.25) is 0 Å². The zero-order valence-electron chi connectivity index (χ0n) is 13.1. The summed E-state index contributed by atoms with van der Waals surface area (Å²) in [6, 6.07) is 10.1. The average molecular weight is 325 g/mol. The molecule has 2 N–H and O–H groups in total. The Bertz CT molecular complexity index is 529. The van der Waals surface area contributed by atoms with E-state index in [9.17, 15) is 0 Å². The first kappa shape index (κ1) is 18.5. The van der Waals surface area contributed by atoms with Crippen molar-refractivity contribution in [2.75, 3.05) is 13.2 Å². The second kappa shape index (κ2) is 10.2. The molecule has 122 valence electrons. The quantitative estimate of drug-likeness (QED) is 0.701. The Kier molecular flexibility index (Phi) is 8.63. The molecule has 1 heterocycles. The molecule has 0 atom stereocenters. The van der Waals surface area contributed by atoms with E-state index >= 15 is 0 Å². The summed E-state index contributed by atoms with van der Waals surface area (Å²) in [6.07, 6.45) is 5.74. The monoisotopic (exact) mass is 324 g/mol. The van der Waals surface area contributed by atoms with Gasteiger partial charge in [0, 0.05) is 12.1 Å². The number of rotatable bonds is 9. The largest absolute Gasteiger partial charge is 0.474 e. The summed E-state index contributed by atoms with van der Waals surface area (Å²) in [5.74, 6) is 1.41. The molecule has 0 aliphatic carbocycles. The highest BCUT2D eigenvalue weighted by molar-refractivity contribution is 5.85. The summed E-state index contributed by atoms with van der Waals surface area (Å²) in [5.41, 5.74) is 7.60. The number of halogens is 1. The summed E-state index contributed by atoms with van der Waals surface area (Å²) >= 11 is 0. The van der Waals surface area contributed by atoms with E-state index in [4.69, 9.17) is 15.0 Å². The van der Waals surface area contributed by atoms with E-state index in [1.165, 1.54) is 19.3 Å². The predicted molar refractivity (Wildman–Crippen MR) is 91.6 cm³/mol. The standard InChI is InChI=1S/C17H24N2O2.ClH/c1-2-3-4-8-11-15-16(14-9-6-5-7-10-14)21-19-17(15)20-13-12-18;/h5-7,9-10H,2-4,8,11-13,18H2,1H3;1H. The Labute approximate surface area is 138 Å². The summed E-state index contributed by atoms with van der Waals surface area (Å²) in [4.78, 5) is 0. The molecule has 0 aliphatic rings. The Balaban J connectivity index is 0.00000242. The van der Waals surface area contributed by atoms with Crippen molar-refractivity contribution >= 4 is 12.4 Å². The predicted octanol–water partition coefficient (Wildman–Crippen LogP) is 4.22. The van der Waals surface area contributed by atoms with Crippen LogP contribution in [-0.2, 0) is 6.42 Å². The van der Waals surface area contributed by atoms with Crippen molar-refractivity contribution in [2.45, 2.75) is 39.0 Å². The number of ether oxygens (including phenoxy) is 1. The van der Waals surface area contributed by atoms with E-state index in [0.29, 0.717) is 19.0 Å². The maximum atomic E-state index is 5.62. The topological polar surface area (TPSA) is 61.3 Å². The molecule has 0 saturated carbocycles. The Morgan fingerprint density at radius 1 is 1.14 bits per heavy atom. The molecule has 0 aliphatic heterocycles.